The lowest BCUT2D eigenvalue weighted by Crippen LogP contribution is -2.46. The van der Waals surface area contributed by atoms with Crippen LogP contribution in [0.5, 0.6) is 5.75 Å². The third kappa shape index (κ3) is 6.23. The van der Waals surface area contributed by atoms with E-state index in [1.165, 1.54) is 5.56 Å². The highest BCUT2D eigenvalue weighted by Crippen LogP contribution is 2.30. The van der Waals surface area contributed by atoms with E-state index in [2.05, 4.69) is 29.0 Å². The Labute approximate surface area is 214 Å². The number of likely N-dealkylation sites (N-methyl/N-ethyl adjacent to an activating group) is 1. The van der Waals surface area contributed by atoms with Crippen LogP contribution in [-0.4, -0.2) is 72.6 Å². The van der Waals surface area contributed by atoms with Crippen LogP contribution < -0.4 is 10.1 Å². The second-order valence-corrected chi connectivity index (χ2v) is 10.2. The van der Waals surface area contributed by atoms with E-state index in [9.17, 15) is 9.59 Å². The summed E-state index contributed by atoms with van der Waals surface area (Å²) >= 11 is 0. The summed E-state index contributed by atoms with van der Waals surface area (Å²) in [6.45, 7) is 6.71. The van der Waals surface area contributed by atoms with Gasteiger partial charge >= 0.3 is 0 Å². The van der Waals surface area contributed by atoms with Gasteiger partial charge in [-0.15, -0.1) is 0 Å². The molecule has 2 aliphatic rings. The second-order valence-electron chi connectivity index (χ2n) is 10.2. The molecule has 0 unspecified atom stereocenters. The first kappa shape index (κ1) is 26.1. The standard InChI is InChI=1S/C28H38N4O4/c1-19-15-32(16-21-10-12-29-13-11-21)20(2)18-36-25-14-23(30-27(33)22-6-5-7-22)8-9-24(25)28(34)31(3)17-26(19)35-4/h8-14,19-20,22,26H,5-7,15-18H2,1-4H3,(H,30,33)/t19-,20+,26+/m0/s1. The van der Waals surface area contributed by atoms with Crippen LogP contribution in [0.4, 0.5) is 5.69 Å². The fourth-order valence-corrected chi connectivity index (χ4v) is 4.78. The van der Waals surface area contributed by atoms with Crippen molar-refractivity contribution in [1.29, 1.82) is 0 Å². The van der Waals surface area contributed by atoms with E-state index in [0.717, 1.165) is 32.4 Å². The molecule has 1 aromatic heterocycles. The summed E-state index contributed by atoms with van der Waals surface area (Å²) < 4.78 is 12.1. The maximum absolute atomic E-state index is 13.4. The zero-order valence-corrected chi connectivity index (χ0v) is 21.8. The van der Waals surface area contributed by atoms with Crippen molar-refractivity contribution in [2.24, 2.45) is 11.8 Å². The number of carbonyl (C=O) groups is 2. The number of hydrogen-bond donors (Lipinski definition) is 1. The van der Waals surface area contributed by atoms with Crippen LogP contribution in [0.15, 0.2) is 42.7 Å². The lowest BCUT2D eigenvalue weighted by molar-refractivity contribution is -0.122. The van der Waals surface area contributed by atoms with Gasteiger partial charge < -0.3 is 19.7 Å². The maximum Gasteiger partial charge on any atom is 0.257 e. The highest BCUT2D eigenvalue weighted by atomic mass is 16.5. The molecule has 1 N–H and O–H groups in total. The minimum absolute atomic E-state index is 0.0339. The van der Waals surface area contributed by atoms with Crippen LogP contribution in [-0.2, 0) is 16.1 Å². The highest BCUT2D eigenvalue weighted by molar-refractivity contribution is 5.99. The maximum atomic E-state index is 13.4. The first-order chi connectivity index (χ1) is 17.4. The Bertz CT molecular complexity index is 1040. The summed E-state index contributed by atoms with van der Waals surface area (Å²) in [5, 5.41) is 3.00. The van der Waals surface area contributed by atoms with E-state index in [1.54, 1.807) is 37.3 Å². The van der Waals surface area contributed by atoms with Gasteiger partial charge in [0.15, 0.2) is 0 Å². The lowest BCUT2D eigenvalue weighted by atomic mass is 9.85. The largest absolute Gasteiger partial charge is 0.491 e. The zero-order valence-electron chi connectivity index (χ0n) is 21.8. The van der Waals surface area contributed by atoms with Crippen molar-refractivity contribution in [1.82, 2.24) is 14.8 Å². The summed E-state index contributed by atoms with van der Waals surface area (Å²) in [5.74, 6) is 0.660. The number of hydrogen-bond acceptors (Lipinski definition) is 6. The van der Waals surface area contributed by atoms with Gasteiger partial charge in [0.2, 0.25) is 5.91 Å². The van der Waals surface area contributed by atoms with Crippen molar-refractivity contribution >= 4 is 17.5 Å². The van der Waals surface area contributed by atoms with Crippen molar-refractivity contribution in [3.8, 4) is 5.75 Å². The lowest BCUT2D eigenvalue weighted by Gasteiger charge is -2.36. The minimum atomic E-state index is -0.127. The predicted octanol–water partition coefficient (Wildman–Crippen LogP) is 3.83. The van der Waals surface area contributed by atoms with Gasteiger partial charge in [0.25, 0.3) is 5.91 Å². The van der Waals surface area contributed by atoms with Crippen LogP contribution in [0, 0.1) is 11.8 Å². The Balaban J connectivity index is 1.61. The van der Waals surface area contributed by atoms with Gasteiger partial charge in [0, 0.05) is 69.9 Å². The van der Waals surface area contributed by atoms with Crippen molar-refractivity contribution in [3.05, 3.63) is 53.9 Å². The smallest absolute Gasteiger partial charge is 0.257 e. The molecule has 194 valence electrons. The number of benzene rings is 1. The molecule has 4 rings (SSSR count). The van der Waals surface area contributed by atoms with E-state index >= 15 is 0 Å². The quantitative estimate of drug-likeness (QED) is 0.680. The SMILES string of the molecule is CO[C@@H]1CN(C)C(=O)c2ccc(NC(=O)C3CCC3)cc2OC[C@@H](C)N(Cc2ccncc2)C[C@@H]1C. The Morgan fingerprint density at radius 1 is 1.17 bits per heavy atom. The van der Waals surface area contributed by atoms with Crippen molar-refractivity contribution in [2.45, 2.75) is 51.8 Å². The van der Waals surface area contributed by atoms with E-state index in [1.807, 2.05) is 24.5 Å². The van der Waals surface area contributed by atoms with Crippen LogP contribution >= 0.6 is 0 Å². The number of aromatic nitrogens is 1. The van der Waals surface area contributed by atoms with Gasteiger partial charge in [-0.1, -0.05) is 13.3 Å². The predicted molar refractivity (Wildman–Crippen MR) is 139 cm³/mol. The molecule has 1 fully saturated rings. The zero-order chi connectivity index (χ0) is 25.7. The monoisotopic (exact) mass is 494 g/mol. The molecule has 0 bridgehead atoms. The third-order valence-electron chi connectivity index (χ3n) is 7.45. The molecule has 1 aliphatic heterocycles. The second kappa shape index (κ2) is 11.8. The van der Waals surface area contributed by atoms with Crippen molar-refractivity contribution in [2.75, 3.05) is 39.2 Å². The van der Waals surface area contributed by atoms with Gasteiger partial charge in [-0.05, 0) is 55.5 Å². The summed E-state index contributed by atoms with van der Waals surface area (Å²) in [5.41, 5.74) is 2.31. The molecule has 1 saturated carbocycles. The number of methoxy groups -OCH3 is 1. The fourth-order valence-electron chi connectivity index (χ4n) is 4.78. The number of anilines is 1. The minimum Gasteiger partial charge on any atom is -0.491 e. The van der Waals surface area contributed by atoms with Crippen LogP contribution in [0.2, 0.25) is 0 Å². The number of nitrogens with one attached hydrogen (secondary N) is 1. The van der Waals surface area contributed by atoms with Gasteiger partial charge in [-0.25, -0.2) is 0 Å². The Kier molecular flexibility index (Phi) is 8.59. The summed E-state index contributed by atoms with van der Waals surface area (Å²) in [6.07, 6.45) is 6.47. The van der Waals surface area contributed by atoms with Gasteiger partial charge in [-0.3, -0.25) is 19.5 Å². The molecule has 2 amide bonds. The average Bonchev–Trinajstić information content (AvgIpc) is 2.83. The molecule has 2 heterocycles. The first-order valence-electron chi connectivity index (χ1n) is 12.8. The Hall–Kier alpha value is -2.97. The summed E-state index contributed by atoms with van der Waals surface area (Å²) in [7, 11) is 3.50. The molecule has 8 nitrogen and oxygen atoms in total. The van der Waals surface area contributed by atoms with E-state index in [0.29, 0.717) is 30.2 Å². The average molecular weight is 495 g/mol. The van der Waals surface area contributed by atoms with Crippen LogP contribution in [0.3, 0.4) is 0 Å². The van der Waals surface area contributed by atoms with E-state index < -0.39 is 0 Å². The number of ether oxygens (including phenoxy) is 2. The van der Waals surface area contributed by atoms with E-state index in [4.69, 9.17) is 9.47 Å². The number of fused-ring (bicyclic) bond motifs is 1. The third-order valence-corrected chi connectivity index (χ3v) is 7.45. The molecule has 0 spiro atoms. The van der Waals surface area contributed by atoms with E-state index in [-0.39, 0.29) is 35.8 Å². The molecule has 8 heteroatoms. The molecule has 0 saturated heterocycles. The molecular formula is C28H38N4O4. The van der Waals surface area contributed by atoms with Gasteiger partial charge in [0.05, 0.1) is 11.7 Å². The topological polar surface area (TPSA) is 84.0 Å². The molecule has 36 heavy (non-hydrogen) atoms. The summed E-state index contributed by atoms with van der Waals surface area (Å²) in [6, 6.07) is 9.45. The number of carbonyl (C=O) groups excluding carboxylic acids is 2. The Morgan fingerprint density at radius 3 is 2.58 bits per heavy atom. The van der Waals surface area contributed by atoms with Crippen molar-refractivity contribution < 1.29 is 19.1 Å². The normalized spacial score (nSPS) is 24.1. The number of pyridine rings is 1. The molecule has 3 atom stereocenters. The molecule has 1 aliphatic carbocycles. The molecule has 2 aromatic rings. The fraction of sp³-hybridized carbons (Fsp3) is 0.536. The Morgan fingerprint density at radius 2 is 1.92 bits per heavy atom. The number of nitrogens with zero attached hydrogens (tertiary/aromatic N) is 3. The summed E-state index contributed by atoms with van der Waals surface area (Å²) in [4.78, 5) is 34.1. The highest BCUT2D eigenvalue weighted by Gasteiger charge is 2.29. The van der Waals surface area contributed by atoms with Crippen LogP contribution in [0.25, 0.3) is 0 Å². The molecular weight excluding hydrogens is 456 g/mol. The molecule has 0 radical (unpaired) electrons. The molecule has 1 aromatic carbocycles. The number of rotatable bonds is 5. The first-order valence-corrected chi connectivity index (χ1v) is 12.8. The van der Waals surface area contributed by atoms with Crippen LogP contribution in [0.1, 0.15) is 49.0 Å². The van der Waals surface area contributed by atoms with Crippen molar-refractivity contribution in [3.63, 3.8) is 0 Å². The van der Waals surface area contributed by atoms with Gasteiger partial charge in [0.1, 0.15) is 12.4 Å². The van der Waals surface area contributed by atoms with Gasteiger partial charge in [-0.2, -0.15) is 0 Å². The number of amides is 2.